The number of carbonyl (C=O) groups is 1. The maximum absolute atomic E-state index is 13.7. The molecule has 0 fully saturated rings. The Labute approximate surface area is 178 Å². The number of fused-ring (bicyclic) bond motifs is 3. The maximum Gasteiger partial charge on any atom is 0.264 e. The number of amides is 1. The first-order valence-electron chi connectivity index (χ1n) is 8.77. The molecule has 0 spiro atoms. The molecular formula is C21H16Cl2N2O3S. The highest BCUT2D eigenvalue weighted by atomic mass is 35.5. The number of para-hydroxylation sites is 1. The van der Waals surface area contributed by atoms with Gasteiger partial charge in [0.25, 0.3) is 10.0 Å². The number of nitrogens with two attached hydrogens (primary N) is 1. The molecule has 3 aromatic rings. The summed E-state index contributed by atoms with van der Waals surface area (Å²) >= 11 is 12.0. The second-order valence-electron chi connectivity index (χ2n) is 6.67. The van der Waals surface area contributed by atoms with E-state index in [-0.39, 0.29) is 21.4 Å². The third-order valence-corrected chi connectivity index (χ3v) is 7.43. The average Bonchev–Trinajstić information content (AvgIpc) is 2.69. The van der Waals surface area contributed by atoms with Crippen LogP contribution in [0.15, 0.2) is 71.6 Å². The largest absolute Gasteiger partial charge is 0.370 e. The van der Waals surface area contributed by atoms with Crippen LogP contribution in [0.1, 0.15) is 18.0 Å². The van der Waals surface area contributed by atoms with Crippen LogP contribution < -0.4 is 10.0 Å². The standard InChI is InChI=1S/C21H16Cl2N2O3S/c22-17-10-9-13(11-18(17)23)29(27,28)25-19-8-4-3-6-15(19)14-5-1-2-7-16(14)20(25)12-21(24)26/h1-11,20H,12H2,(H2,24,26). The highest BCUT2D eigenvalue weighted by Gasteiger charge is 2.39. The van der Waals surface area contributed by atoms with E-state index in [0.29, 0.717) is 11.3 Å². The van der Waals surface area contributed by atoms with Gasteiger partial charge in [-0.15, -0.1) is 0 Å². The maximum atomic E-state index is 13.7. The predicted octanol–water partition coefficient (Wildman–Crippen LogP) is 4.79. The minimum Gasteiger partial charge on any atom is -0.370 e. The molecule has 1 aliphatic heterocycles. The summed E-state index contributed by atoms with van der Waals surface area (Å²) < 4.78 is 28.6. The number of carbonyl (C=O) groups excluding carboxylic acids is 1. The highest BCUT2D eigenvalue weighted by molar-refractivity contribution is 7.92. The molecule has 0 saturated carbocycles. The summed E-state index contributed by atoms with van der Waals surface area (Å²) in [4.78, 5) is 11.8. The normalized spacial score (nSPS) is 15.5. The number of halogens is 2. The van der Waals surface area contributed by atoms with Crippen LogP contribution in [0.5, 0.6) is 0 Å². The molecule has 3 aromatic carbocycles. The molecule has 1 atom stereocenters. The average molecular weight is 447 g/mol. The number of nitrogens with zero attached hydrogens (tertiary/aromatic N) is 1. The molecule has 0 aromatic heterocycles. The molecule has 2 N–H and O–H groups in total. The van der Waals surface area contributed by atoms with Crippen molar-refractivity contribution in [2.24, 2.45) is 5.73 Å². The summed E-state index contributed by atoms with van der Waals surface area (Å²) in [6.45, 7) is 0. The van der Waals surface area contributed by atoms with Gasteiger partial charge in [-0.05, 0) is 35.4 Å². The van der Waals surface area contributed by atoms with E-state index in [9.17, 15) is 13.2 Å². The summed E-state index contributed by atoms with van der Waals surface area (Å²) in [6.07, 6.45) is -0.161. The second-order valence-corrected chi connectivity index (χ2v) is 9.30. The zero-order valence-corrected chi connectivity index (χ0v) is 17.4. The van der Waals surface area contributed by atoms with Gasteiger partial charge in [-0.3, -0.25) is 9.10 Å². The lowest BCUT2D eigenvalue weighted by Gasteiger charge is -2.38. The molecule has 148 valence electrons. The van der Waals surface area contributed by atoms with Crippen LogP contribution in [-0.2, 0) is 14.8 Å². The molecule has 1 aliphatic rings. The van der Waals surface area contributed by atoms with Crippen LogP contribution in [-0.4, -0.2) is 14.3 Å². The number of benzene rings is 3. The molecular weight excluding hydrogens is 431 g/mol. The summed E-state index contributed by atoms with van der Waals surface area (Å²) in [5.74, 6) is -0.599. The Morgan fingerprint density at radius 2 is 1.59 bits per heavy atom. The third-order valence-electron chi connectivity index (χ3n) is 4.88. The Hall–Kier alpha value is -2.54. The van der Waals surface area contributed by atoms with E-state index in [1.807, 2.05) is 36.4 Å². The Balaban J connectivity index is 1.99. The Kier molecular flexibility index (Phi) is 5.02. The molecule has 1 heterocycles. The van der Waals surface area contributed by atoms with E-state index in [1.165, 1.54) is 22.5 Å². The molecule has 0 saturated heterocycles. The number of anilines is 1. The van der Waals surface area contributed by atoms with Crippen molar-refractivity contribution >= 4 is 44.8 Å². The monoisotopic (exact) mass is 446 g/mol. The molecule has 1 amide bonds. The minimum absolute atomic E-state index is 0.0180. The van der Waals surface area contributed by atoms with Crippen LogP contribution in [0.4, 0.5) is 5.69 Å². The summed E-state index contributed by atoms with van der Waals surface area (Å²) in [6, 6.07) is 17.9. The van der Waals surface area contributed by atoms with Crippen LogP contribution in [0, 0.1) is 0 Å². The second kappa shape index (κ2) is 7.37. The summed E-state index contributed by atoms with van der Waals surface area (Å²) in [5, 5.41) is 0.383. The SMILES string of the molecule is NC(=O)CC1c2ccccc2-c2ccccc2N1S(=O)(=O)c1ccc(Cl)c(Cl)c1. The number of primary amides is 1. The third kappa shape index (κ3) is 3.37. The smallest absolute Gasteiger partial charge is 0.264 e. The van der Waals surface area contributed by atoms with E-state index >= 15 is 0 Å². The van der Waals surface area contributed by atoms with Gasteiger partial charge >= 0.3 is 0 Å². The first-order valence-corrected chi connectivity index (χ1v) is 11.0. The van der Waals surface area contributed by atoms with Crippen molar-refractivity contribution < 1.29 is 13.2 Å². The molecule has 0 bridgehead atoms. The van der Waals surface area contributed by atoms with Crippen molar-refractivity contribution in [3.8, 4) is 11.1 Å². The van der Waals surface area contributed by atoms with Gasteiger partial charge in [0.05, 0.1) is 33.1 Å². The van der Waals surface area contributed by atoms with Crippen molar-refractivity contribution in [1.82, 2.24) is 0 Å². The predicted molar refractivity (Wildman–Crippen MR) is 115 cm³/mol. The molecule has 4 rings (SSSR count). The zero-order valence-electron chi connectivity index (χ0n) is 15.0. The lowest BCUT2D eigenvalue weighted by atomic mass is 9.88. The van der Waals surface area contributed by atoms with Crippen LogP contribution in [0.3, 0.4) is 0 Å². The zero-order chi connectivity index (χ0) is 20.8. The lowest BCUT2D eigenvalue weighted by Crippen LogP contribution is -2.39. The molecule has 1 unspecified atom stereocenters. The van der Waals surface area contributed by atoms with Crippen molar-refractivity contribution in [1.29, 1.82) is 0 Å². The van der Waals surface area contributed by atoms with E-state index in [0.717, 1.165) is 11.1 Å². The van der Waals surface area contributed by atoms with Crippen LogP contribution in [0.25, 0.3) is 11.1 Å². The number of rotatable bonds is 4. The van der Waals surface area contributed by atoms with Gasteiger partial charge in [0.1, 0.15) is 0 Å². The fourth-order valence-electron chi connectivity index (χ4n) is 3.65. The first-order chi connectivity index (χ1) is 13.8. The fraction of sp³-hybridized carbons (Fsp3) is 0.0952. The van der Waals surface area contributed by atoms with Crippen molar-refractivity contribution in [3.63, 3.8) is 0 Å². The van der Waals surface area contributed by atoms with Crippen molar-refractivity contribution in [2.75, 3.05) is 4.31 Å². The van der Waals surface area contributed by atoms with Gasteiger partial charge in [-0.2, -0.15) is 0 Å². The van der Waals surface area contributed by atoms with Crippen molar-refractivity contribution in [3.05, 3.63) is 82.3 Å². The Bertz CT molecular complexity index is 1230. The topological polar surface area (TPSA) is 80.5 Å². The Morgan fingerprint density at radius 1 is 0.931 bits per heavy atom. The number of hydrogen-bond donors (Lipinski definition) is 1. The molecule has 5 nitrogen and oxygen atoms in total. The van der Waals surface area contributed by atoms with Crippen LogP contribution in [0.2, 0.25) is 10.0 Å². The van der Waals surface area contributed by atoms with E-state index in [4.69, 9.17) is 28.9 Å². The highest BCUT2D eigenvalue weighted by Crippen LogP contribution is 2.48. The molecule has 8 heteroatoms. The van der Waals surface area contributed by atoms with Gasteiger partial charge in [0.15, 0.2) is 0 Å². The number of hydrogen-bond acceptors (Lipinski definition) is 3. The first kappa shape index (κ1) is 19.8. The molecule has 29 heavy (non-hydrogen) atoms. The Morgan fingerprint density at radius 3 is 2.28 bits per heavy atom. The molecule has 0 aliphatic carbocycles. The van der Waals surface area contributed by atoms with Gasteiger partial charge in [-0.1, -0.05) is 65.7 Å². The van der Waals surface area contributed by atoms with E-state index < -0.39 is 22.0 Å². The van der Waals surface area contributed by atoms with Crippen LogP contribution >= 0.6 is 23.2 Å². The van der Waals surface area contributed by atoms with Gasteiger partial charge in [0.2, 0.25) is 5.91 Å². The fourth-order valence-corrected chi connectivity index (χ4v) is 5.69. The lowest BCUT2D eigenvalue weighted by molar-refractivity contribution is -0.118. The van der Waals surface area contributed by atoms with Crippen molar-refractivity contribution in [2.45, 2.75) is 17.4 Å². The molecule has 0 radical (unpaired) electrons. The van der Waals surface area contributed by atoms with E-state index in [2.05, 4.69) is 0 Å². The van der Waals surface area contributed by atoms with Gasteiger partial charge in [-0.25, -0.2) is 8.42 Å². The quantitative estimate of drug-likeness (QED) is 0.625. The summed E-state index contributed by atoms with van der Waals surface area (Å²) in [5.41, 5.74) is 8.31. The van der Waals surface area contributed by atoms with E-state index in [1.54, 1.807) is 12.1 Å². The minimum atomic E-state index is -4.07. The van der Waals surface area contributed by atoms with Gasteiger partial charge < -0.3 is 5.73 Å². The summed E-state index contributed by atoms with van der Waals surface area (Å²) in [7, 11) is -4.07. The van der Waals surface area contributed by atoms with Gasteiger partial charge in [0, 0.05) is 5.56 Å². The number of sulfonamides is 1.